The highest BCUT2D eigenvalue weighted by molar-refractivity contribution is 7.07. The van der Waals surface area contributed by atoms with Crippen molar-refractivity contribution >= 4 is 17.0 Å². The predicted molar refractivity (Wildman–Crippen MR) is 129 cm³/mol. The quantitative estimate of drug-likeness (QED) is 0.348. The molecule has 0 saturated carbocycles. The molecule has 0 aliphatic carbocycles. The Morgan fingerprint density at radius 2 is 1.56 bits per heavy atom. The number of para-hydroxylation sites is 1. The molecule has 0 spiro atoms. The molecule has 5 nitrogen and oxygen atoms in total. The van der Waals surface area contributed by atoms with Gasteiger partial charge >= 0.3 is 0 Å². The first kappa shape index (κ1) is 21.7. The molecule has 4 aromatic rings. The Bertz CT molecular complexity index is 1230. The van der Waals surface area contributed by atoms with E-state index < -0.39 is 0 Å². The summed E-state index contributed by atoms with van der Waals surface area (Å²) in [6, 6.07) is 24.3. The van der Waals surface area contributed by atoms with Crippen LogP contribution in [0.2, 0.25) is 0 Å². The van der Waals surface area contributed by atoms with Gasteiger partial charge in [-0.05, 0) is 66.1 Å². The van der Waals surface area contributed by atoms with Crippen LogP contribution >= 0.6 is 11.3 Å². The van der Waals surface area contributed by atoms with Crippen LogP contribution in [0.1, 0.15) is 5.56 Å². The number of nitrogens with zero attached hydrogens (tertiary/aromatic N) is 2. The van der Waals surface area contributed by atoms with Crippen molar-refractivity contribution in [3.63, 3.8) is 0 Å². The van der Waals surface area contributed by atoms with Crippen molar-refractivity contribution in [2.45, 2.75) is 13.0 Å². The largest absolute Gasteiger partial charge is 0.497 e. The van der Waals surface area contributed by atoms with Crippen LogP contribution in [0.5, 0.6) is 17.2 Å². The number of thiazole rings is 1. The van der Waals surface area contributed by atoms with Gasteiger partial charge in [-0.15, -0.1) is 11.3 Å². The van der Waals surface area contributed by atoms with Crippen molar-refractivity contribution in [3.05, 3.63) is 88.5 Å². The van der Waals surface area contributed by atoms with Gasteiger partial charge in [0, 0.05) is 11.9 Å². The summed E-state index contributed by atoms with van der Waals surface area (Å²) in [5.74, 6) is 2.32. The first-order chi connectivity index (χ1) is 15.7. The lowest BCUT2D eigenvalue weighted by atomic mass is 10.1. The predicted octanol–water partition coefficient (Wildman–Crippen LogP) is 5.72. The van der Waals surface area contributed by atoms with Gasteiger partial charge in [0.25, 0.3) is 0 Å². The standard InChI is InChI=1S/C26H26N2O3S/c1-29-22-12-10-20(11-13-22)23-18-32-26(27-21-7-5-4-6-8-21)28(23)16-15-19-9-14-24(30-2)25(17-19)31-3/h4-14,17-18H,15-16H2,1-3H3. The van der Waals surface area contributed by atoms with Crippen LogP contribution in [0, 0.1) is 0 Å². The number of methoxy groups -OCH3 is 3. The zero-order valence-electron chi connectivity index (χ0n) is 18.4. The Morgan fingerprint density at radius 3 is 2.25 bits per heavy atom. The summed E-state index contributed by atoms with van der Waals surface area (Å²) in [4.78, 5) is 5.87. The maximum atomic E-state index is 5.47. The van der Waals surface area contributed by atoms with Gasteiger partial charge in [-0.25, -0.2) is 4.99 Å². The lowest BCUT2D eigenvalue weighted by Crippen LogP contribution is -2.17. The van der Waals surface area contributed by atoms with E-state index in [1.807, 2.05) is 54.6 Å². The smallest absolute Gasteiger partial charge is 0.190 e. The Hall–Kier alpha value is -3.51. The molecule has 0 fully saturated rings. The van der Waals surface area contributed by atoms with Gasteiger partial charge in [0.2, 0.25) is 0 Å². The normalized spacial score (nSPS) is 11.4. The van der Waals surface area contributed by atoms with Crippen LogP contribution in [0.15, 0.2) is 83.2 Å². The molecular weight excluding hydrogens is 420 g/mol. The highest BCUT2D eigenvalue weighted by Gasteiger charge is 2.10. The molecule has 0 saturated heterocycles. The van der Waals surface area contributed by atoms with Crippen molar-refractivity contribution in [1.29, 1.82) is 0 Å². The van der Waals surface area contributed by atoms with E-state index in [9.17, 15) is 0 Å². The fourth-order valence-electron chi connectivity index (χ4n) is 3.52. The molecule has 164 valence electrons. The first-order valence-corrected chi connectivity index (χ1v) is 11.2. The summed E-state index contributed by atoms with van der Waals surface area (Å²) < 4.78 is 18.4. The Balaban J connectivity index is 1.71. The lowest BCUT2D eigenvalue weighted by Gasteiger charge is -2.12. The van der Waals surface area contributed by atoms with Crippen LogP contribution in [-0.4, -0.2) is 25.9 Å². The minimum atomic E-state index is 0.734. The molecule has 0 radical (unpaired) electrons. The van der Waals surface area contributed by atoms with Crippen molar-refractivity contribution < 1.29 is 14.2 Å². The second kappa shape index (κ2) is 10.2. The van der Waals surface area contributed by atoms with Crippen molar-refractivity contribution in [2.75, 3.05) is 21.3 Å². The van der Waals surface area contributed by atoms with E-state index in [4.69, 9.17) is 19.2 Å². The van der Waals surface area contributed by atoms with E-state index in [2.05, 4.69) is 28.1 Å². The molecule has 1 aromatic heterocycles. The van der Waals surface area contributed by atoms with Crippen LogP contribution in [0.3, 0.4) is 0 Å². The number of aromatic nitrogens is 1. The first-order valence-electron chi connectivity index (χ1n) is 10.3. The molecule has 0 N–H and O–H groups in total. The number of hydrogen-bond donors (Lipinski definition) is 0. The van der Waals surface area contributed by atoms with E-state index in [1.54, 1.807) is 32.7 Å². The van der Waals surface area contributed by atoms with Gasteiger partial charge in [0.05, 0.1) is 32.7 Å². The topological polar surface area (TPSA) is 45.0 Å². The van der Waals surface area contributed by atoms with Gasteiger partial charge in [0.15, 0.2) is 16.3 Å². The number of benzene rings is 3. The fourth-order valence-corrected chi connectivity index (χ4v) is 4.47. The summed E-state index contributed by atoms with van der Waals surface area (Å²) in [5, 5.41) is 2.16. The van der Waals surface area contributed by atoms with Crippen LogP contribution in [0.25, 0.3) is 11.3 Å². The van der Waals surface area contributed by atoms with Gasteiger partial charge in [0.1, 0.15) is 5.75 Å². The molecule has 0 atom stereocenters. The number of aryl methyl sites for hydroxylation is 1. The van der Waals surface area contributed by atoms with E-state index in [0.717, 1.165) is 52.0 Å². The van der Waals surface area contributed by atoms with E-state index in [0.29, 0.717) is 0 Å². The summed E-state index contributed by atoms with van der Waals surface area (Å²) >= 11 is 1.65. The van der Waals surface area contributed by atoms with E-state index >= 15 is 0 Å². The Kier molecular flexibility index (Phi) is 6.92. The van der Waals surface area contributed by atoms with Crippen LogP contribution in [-0.2, 0) is 13.0 Å². The van der Waals surface area contributed by atoms with Gasteiger partial charge < -0.3 is 18.8 Å². The number of ether oxygens (including phenoxy) is 3. The molecule has 0 unspecified atom stereocenters. The summed E-state index contributed by atoms with van der Waals surface area (Å²) in [6.07, 6.45) is 0.836. The molecule has 1 heterocycles. The maximum Gasteiger partial charge on any atom is 0.190 e. The molecular formula is C26H26N2O3S. The molecule has 0 bridgehead atoms. The van der Waals surface area contributed by atoms with E-state index in [1.165, 1.54) is 5.56 Å². The summed E-state index contributed by atoms with van der Waals surface area (Å²) in [6.45, 7) is 0.784. The molecule has 0 aliphatic heterocycles. The second-order valence-electron chi connectivity index (χ2n) is 7.17. The minimum absolute atomic E-state index is 0.734. The van der Waals surface area contributed by atoms with Gasteiger partial charge in [-0.3, -0.25) is 0 Å². The minimum Gasteiger partial charge on any atom is -0.497 e. The number of hydrogen-bond acceptors (Lipinski definition) is 5. The molecule has 6 heteroatoms. The zero-order chi connectivity index (χ0) is 22.3. The third-order valence-electron chi connectivity index (χ3n) is 5.24. The van der Waals surface area contributed by atoms with Crippen molar-refractivity contribution in [2.24, 2.45) is 4.99 Å². The molecule has 4 rings (SSSR count). The maximum absolute atomic E-state index is 5.47. The average Bonchev–Trinajstić information content (AvgIpc) is 3.25. The third-order valence-corrected chi connectivity index (χ3v) is 6.10. The molecule has 32 heavy (non-hydrogen) atoms. The molecule has 3 aromatic carbocycles. The number of rotatable bonds is 8. The fraction of sp³-hybridized carbons (Fsp3) is 0.192. The average molecular weight is 447 g/mol. The second-order valence-corrected chi connectivity index (χ2v) is 8.01. The third kappa shape index (κ3) is 4.86. The summed E-state index contributed by atoms with van der Waals surface area (Å²) in [5.41, 5.74) is 4.37. The van der Waals surface area contributed by atoms with Crippen molar-refractivity contribution in [1.82, 2.24) is 4.57 Å². The molecule has 0 amide bonds. The lowest BCUT2D eigenvalue weighted by molar-refractivity contribution is 0.354. The highest BCUT2D eigenvalue weighted by Crippen LogP contribution is 2.28. The van der Waals surface area contributed by atoms with E-state index in [-0.39, 0.29) is 0 Å². The van der Waals surface area contributed by atoms with Crippen LogP contribution < -0.4 is 19.0 Å². The zero-order valence-corrected chi connectivity index (χ0v) is 19.3. The Morgan fingerprint density at radius 1 is 0.812 bits per heavy atom. The monoisotopic (exact) mass is 446 g/mol. The van der Waals surface area contributed by atoms with Gasteiger partial charge in [-0.1, -0.05) is 24.3 Å². The summed E-state index contributed by atoms with van der Waals surface area (Å²) in [7, 11) is 4.99. The highest BCUT2D eigenvalue weighted by atomic mass is 32.1. The van der Waals surface area contributed by atoms with Gasteiger partial charge in [-0.2, -0.15) is 0 Å². The molecule has 0 aliphatic rings. The SMILES string of the molecule is COc1ccc(-c2csc(=Nc3ccccc3)n2CCc2ccc(OC)c(OC)c2)cc1. The Labute approximate surface area is 192 Å². The van der Waals surface area contributed by atoms with Crippen molar-refractivity contribution in [3.8, 4) is 28.5 Å². The van der Waals surface area contributed by atoms with Crippen LogP contribution in [0.4, 0.5) is 5.69 Å².